The summed E-state index contributed by atoms with van der Waals surface area (Å²) in [5.41, 5.74) is 0.746. The fraction of sp³-hybridized carbons (Fsp3) is 0.429. The molecule has 1 aromatic carbocycles. The zero-order valence-corrected chi connectivity index (χ0v) is 11.3. The van der Waals surface area contributed by atoms with Gasteiger partial charge in [-0.2, -0.15) is 0 Å². The number of hydrogen-bond donors (Lipinski definition) is 0. The van der Waals surface area contributed by atoms with Gasteiger partial charge in [0.1, 0.15) is 0 Å². The van der Waals surface area contributed by atoms with E-state index in [-0.39, 0.29) is 11.0 Å². The van der Waals surface area contributed by atoms with Gasteiger partial charge in [-0.1, -0.05) is 30.0 Å². The van der Waals surface area contributed by atoms with Crippen molar-refractivity contribution in [3.05, 3.63) is 35.9 Å². The van der Waals surface area contributed by atoms with Crippen molar-refractivity contribution < 1.29 is 9.59 Å². The van der Waals surface area contributed by atoms with Gasteiger partial charge in [-0.15, -0.1) is 0 Å². The number of amides is 1. The third-order valence-corrected chi connectivity index (χ3v) is 4.22. The fourth-order valence-corrected chi connectivity index (χ4v) is 3.09. The Balaban J connectivity index is 1.90. The predicted octanol–water partition coefficient (Wildman–Crippen LogP) is 2.57. The van der Waals surface area contributed by atoms with Crippen LogP contribution in [0.15, 0.2) is 30.3 Å². The predicted molar refractivity (Wildman–Crippen MR) is 73.6 cm³/mol. The summed E-state index contributed by atoms with van der Waals surface area (Å²) in [6.07, 6.45) is 1.81. The Morgan fingerprint density at radius 2 is 1.78 bits per heavy atom. The minimum Gasteiger partial charge on any atom is -0.339 e. The van der Waals surface area contributed by atoms with Crippen LogP contribution >= 0.6 is 11.8 Å². The highest BCUT2D eigenvalue weighted by atomic mass is 32.2. The monoisotopic (exact) mass is 263 g/mol. The second-order valence-electron chi connectivity index (χ2n) is 4.47. The smallest absolute Gasteiger partial charge is 0.253 e. The van der Waals surface area contributed by atoms with Crippen LogP contribution in [0, 0.1) is 0 Å². The Hall–Kier alpha value is -1.29. The van der Waals surface area contributed by atoms with Crippen molar-refractivity contribution in [3.8, 4) is 0 Å². The van der Waals surface area contributed by atoms with E-state index in [1.54, 1.807) is 6.92 Å². The lowest BCUT2D eigenvalue weighted by Crippen LogP contribution is -2.39. The molecule has 0 radical (unpaired) electrons. The second kappa shape index (κ2) is 6.05. The number of rotatable bonds is 2. The van der Waals surface area contributed by atoms with Gasteiger partial charge in [0.05, 0.1) is 0 Å². The van der Waals surface area contributed by atoms with Gasteiger partial charge in [-0.05, 0) is 25.0 Å². The molecule has 0 N–H and O–H groups in total. The molecule has 1 heterocycles. The minimum atomic E-state index is 0.0990. The Bertz CT molecular complexity index is 425. The molecule has 0 bridgehead atoms. The van der Waals surface area contributed by atoms with Gasteiger partial charge >= 0.3 is 0 Å². The first kappa shape index (κ1) is 13.1. The number of piperidine rings is 1. The topological polar surface area (TPSA) is 37.4 Å². The van der Waals surface area contributed by atoms with Crippen molar-refractivity contribution >= 4 is 22.8 Å². The van der Waals surface area contributed by atoms with E-state index in [1.165, 1.54) is 11.8 Å². The van der Waals surface area contributed by atoms with Crippen LogP contribution < -0.4 is 0 Å². The average Bonchev–Trinajstić information content (AvgIpc) is 2.39. The van der Waals surface area contributed by atoms with Crippen molar-refractivity contribution in [1.82, 2.24) is 4.90 Å². The summed E-state index contributed by atoms with van der Waals surface area (Å²) < 4.78 is 0. The Morgan fingerprint density at radius 3 is 2.33 bits per heavy atom. The SMILES string of the molecule is CC(=O)SC1CCN(C(=O)c2ccccc2)CC1. The number of carbonyl (C=O) groups excluding carboxylic acids is 2. The molecule has 0 saturated carbocycles. The molecule has 3 nitrogen and oxygen atoms in total. The first-order valence-electron chi connectivity index (χ1n) is 6.18. The minimum absolute atomic E-state index is 0.0990. The molecule has 0 aliphatic carbocycles. The third-order valence-electron chi connectivity index (χ3n) is 3.08. The van der Waals surface area contributed by atoms with Gasteiger partial charge in [0.15, 0.2) is 5.12 Å². The molecule has 4 heteroatoms. The van der Waals surface area contributed by atoms with Gasteiger partial charge in [-0.3, -0.25) is 9.59 Å². The molecule has 1 amide bonds. The molecule has 1 fully saturated rings. The van der Waals surface area contributed by atoms with E-state index < -0.39 is 0 Å². The van der Waals surface area contributed by atoms with Crippen molar-refractivity contribution in [2.24, 2.45) is 0 Å². The van der Waals surface area contributed by atoms with E-state index in [9.17, 15) is 9.59 Å². The Kier molecular flexibility index (Phi) is 4.42. The second-order valence-corrected chi connectivity index (χ2v) is 5.94. The van der Waals surface area contributed by atoms with Crippen LogP contribution in [-0.2, 0) is 4.79 Å². The molecule has 0 aromatic heterocycles. The molecular weight excluding hydrogens is 246 g/mol. The van der Waals surface area contributed by atoms with Gasteiger partial charge in [0, 0.05) is 30.8 Å². The van der Waals surface area contributed by atoms with Crippen LogP contribution in [0.3, 0.4) is 0 Å². The van der Waals surface area contributed by atoms with Crippen LogP contribution in [0.25, 0.3) is 0 Å². The maximum absolute atomic E-state index is 12.2. The van der Waals surface area contributed by atoms with E-state index in [4.69, 9.17) is 0 Å². The van der Waals surface area contributed by atoms with Crippen molar-refractivity contribution in [2.45, 2.75) is 25.0 Å². The fourth-order valence-electron chi connectivity index (χ4n) is 2.17. The molecule has 1 saturated heterocycles. The summed E-state index contributed by atoms with van der Waals surface area (Å²) in [5, 5.41) is 0.546. The molecule has 96 valence electrons. The maximum Gasteiger partial charge on any atom is 0.253 e. The Labute approximate surface area is 112 Å². The van der Waals surface area contributed by atoms with Gasteiger partial charge in [0.2, 0.25) is 0 Å². The van der Waals surface area contributed by atoms with Gasteiger partial charge in [0.25, 0.3) is 5.91 Å². The van der Waals surface area contributed by atoms with E-state index in [2.05, 4.69) is 0 Å². The first-order valence-corrected chi connectivity index (χ1v) is 7.06. The summed E-state index contributed by atoms with van der Waals surface area (Å²) in [6.45, 7) is 3.10. The third kappa shape index (κ3) is 3.35. The molecular formula is C14H17NO2S. The summed E-state index contributed by atoms with van der Waals surface area (Å²) >= 11 is 1.41. The quantitative estimate of drug-likeness (QED) is 0.823. The molecule has 1 aliphatic heterocycles. The lowest BCUT2D eigenvalue weighted by molar-refractivity contribution is -0.109. The summed E-state index contributed by atoms with van der Waals surface area (Å²) in [4.78, 5) is 25.1. The van der Waals surface area contributed by atoms with Crippen molar-refractivity contribution in [3.63, 3.8) is 0 Å². The molecule has 2 rings (SSSR count). The molecule has 18 heavy (non-hydrogen) atoms. The number of hydrogen-bond acceptors (Lipinski definition) is 3. The highest BCUT2D eigenvalue weighted by Gasteiger charge is 2.24. The lowest BCUT2D eigenvalue weighted by atomic mass is 10.1. The van der Waals surface area contributed by atoms with E-state index in [0.717, 1.165) is 31.5 Å². The van der Waals surface area contributed by atoms with E-state index in [1.807, 2.05) is 35.2 Å². The van der Waals surface area contributed by atoms with Crippen LogP contribution in [0.2, 0.25) is 0 Å². The molecule has 1 aromatic rings. The zero-order valence-electron chi connectivity index (χ0n) is 10.5. The highest BCUT2D eigenvalue weighted by Crippen LogP contribution is 2.24. The number of nitrogens with zero attached hydrogens (tertiary/aromatic N) is 1. The summed E-state index contributed by atoms with van der Waals surface area (Å²) in [7, 11) is 0. The zero-order chi connectivity index (χ0) is 13.0. The maximum atomic E-state index is 12.2. The number of thioether (sulfide) groups is 1. The first-order chi connectivity index (χ1) is 8.66. The Morgan fingerprint density at radius 1 is 1.17 bits per heavy atom. The van der Waals surface area contributed by atoms with Gasteiger partial charge in [-0.25, -0.2) is 0 Å². The normalized spacial score (nSPS) is 16.6. The number of likely N-dealkylation sites (tertiary alicyclic amines) is 1. The summed E-state index contributed by atoms with van der Waals surface area (Å²) in [5.74, 6) is 0.0990. The van der Waals surface area contributed by atoms with Crippen LogP contribution in [0.1, 0.15) is 30.1 Å². The van der Waals surface area contributed by atoms with Crippen molar-refractivity contribution in [2.75, 3.05) is 13.1 Å². The highest BCUT2D eigenvalue weighted by molar-refractivity contribution is 8.14. The number of benzene rings is 1. The number of carbonyl (C=O) groups is 2. The van der Waals surface area contributed by atoms with E-state index in [0.29, 0.717) is 5.25 Å². The summed E-state index contributed by atoms with van der Waals surface area (Å²) in [6, 6.07) is 9.36. The molecule has 0 spiro atoms. The molecule has 1 aliphatic rings. The largest absolute Gasteiger partial charge is 0.339 e. The van der Waals surface area contributed by atoms with Gasteiger partial charge < -0.3 is 4.90 Å². The lowest BCUT2D eigenvalue weighted by Gasteiger charge is -2.31. The average molecular weight is 263 g/mol. The van der Waals surface area contributed by atoms with Crippen molar-refractivity contribution in [1.29, 1.82) is 0 Å². The van der Waals surface area contributed by atoms with Crippen LogP contribution in [0.4, 0.5) is 0 Å². The van der Waals surface area contributed by atoms with E-state index >= 15 is 0 Å². The molecule has 0 unspecified atom stereocenters. The van der Waals surface area contributed by atoms with Crippen LogP contribution in [-0.4, -0.2) is 34.3 Å². The van der Waals surface area contributed by atoms with Crippen LogP contribution in [0.5, 0.6) is 0 Å². The molecule has 0 atom stereocenters. The standard InChI is InChI=1S/C14H17NO2S/c1-11(16)18-13-7-9-15(10-8-13)14(17)12-5-3-2-4-6-12/h2-6,13H,7-10H2,1H3.